The molecule has 4 N–H and O–H groups in total. The molecule has 1 rings (SSSR count). The van der Waals surface area contributed by atoms with Gasteiger partial charge in [-0.3, -0.25) is 9.59 Å². The van der Waals surface area contributed by atoms with E-state index in [4.69, 9.17) is 11.5 Å². The number of hydrogen-bond donors (Lipinski definition) is 2. The predicted molar refractivity (Wildman–Crippen MR) is 70.4 cm³/mol. The van der Waals surface area contributed by atoms with Crippen LogP contribution in [0.4, 0.5) is 0 Å². The van der Waals surface area contributed by atoms with Crippen LogP contribution in [0.3, 0.4) is 0 Å². The highest BCUT2D eigenvalue weighted by Crippen LogP contribution is 2.19. The molecule has 104 valence electrons. The van der Waals surface area contributed by atoms with Crippen molar-refractivity contribution in [2.45, 2.75) is 39.5 Å². The van der Waals surface area contributed by atoms with E-state index in [1.807, 2.05) is 13.8 Å². The lowest BCUT2D eigenvalue weighted by Crippen LogP contribution is -2.41. The smallest absolute Gasteiger partial charge is 0.315 e. The van der Waals surface area contributed by atoms with Crippen LogP contribution in [0.15, 0.2) is 6.20 Å². The van der Waals surface area contributed by atoms with Gasteiger partial charge in [-0.15, -0.1) is 0 Å². The van der Waals surface area contributed by atoms with Crippen LogP contribution >= 0.6 is 0 Å². The Morgan fingerprint density at radius 1 is 1.16 bits per heavy atom. The SMILES string of the molecule is CCCc1c[n+]([O-])c(C(N)=O)c(CCC)c1C(N)=O. The van der Waals surface area contributed by atoms with E-state index in [9.17, 15) is 14.8 Å². The molecule has 1 aromatic rings. The highest BCUT2D eigenvalue weighted by molar-refractivity contribution is 6.00. The monoisotopic (exact) mass is 265 g/mol. The summed E-state index contributed by atoms with van der Waals surface area (Å²) in [6.45, 7) is 3.82. The fourth-order valence-corrected chi connectivity index (χ4v) is 2.23. The van der Waals surface area contributed by atoms with Gasteiger partial charge in [-0.1, -0.05) is 26.7 Å². The zero-order chi connectivity index (χ0) is 14.6. The van der Waals surface area contributed by atoms with E-state index in [1.54, 1.807) is 0 Å². The van der Waals surface area contributed by atoms with Gasteiger partial charge in [0.2, 0.25) is 5.91 Å². The van der Waals surface area contributed by atoms with Crippen LogP contribution in [0, 0.1) is 5.21 Å². The van der Waals surface area contributed by atoms with Crippen LogP contribution < -0.4 is 16.2 Å². The number of aromatic nitrogens is 1. The van der Waals surface area contributed by atoms with Crippen molar-refractivity contribution in [2.75, 3.05) is 0 Å². The van der Waals surface area contributed by atoms with Gasteiger partial charge < -0.3 is 16.7 Å². The Labute approximate surface area is 112 Å². The third-order valence-electron chi connectivity index (χ3n) is 2.90. The van der Waals surface area contributed by atoms with Crippen molar-refractivity contribution in [2.24, 2.45) is 11.5 Å². The fraction of sp³-hybridized carbons (Fsp3) is 0.462. The van der Waals surface area contributed by atoms with E-state index in [0.29, 0.717) is 35.1 Å². The lowest BCUT2D eigenvalue weighted by molar-refractivity contribution is -0.608. The van der Waals surface area contributed by atoms with E-state index in [-0.39, 0.29) is 11.3 Å². The first-order valence-electron chi connectivity index (χ1n) is 6.31. The van der Waals surface area contributed by atoms with E-state index in [0.717, 1.165) is 6.42 Å². The number of pyridine rings is 1. The molecule has 0 bridgehead atoms. The largest absolute Gasteiger partial charge is 0.618 e. The third-order valence-corrected chi connectivity index (χ3v) is 2.90. The summed E-state index contributed by atoms with van der Waals surface area (Å²) in [5.74, 6) is -1.47. The molecule has 1 heterocycles. The lowest BCUT2D eigenvalue weighted by Gasteiger charge is -2.14. The number of primary amides is 2. The highest BCUT2D eigenvalue weighted by atomic mass is 16.5. The van der Waals surface area contributed by atoms with E-state index >= 15 is 0 Å². The average molecular weight is 265 g/mol. The Morgan fingerprint density at radius 3 is 2.16 bits per heavy atom. The summed E-state index contributed by atoms with van der Waals surface area (Å²) in [4.78, 5) is 23.0. The van der Waals surface area contributed by atoms with Crippen LogP contribution in [0.5, 0.6) is 0 Å². The van der Waals surface area contributed by atoms with E-state index in [2.05, 4.69) is 0 Å². The maximum absolute atomic E-state index is 11.9. The van der Waals surface area contributed by atoms with Crippen molar-refractivity contribution in [3.8, 4) is 0 Å². The molecule has 1 aromatic heterocycles. The molecule has 0 saturated carbocycles. The van der Waals surface area contributed by atoms with Crippen molar-refractivity contribution in [1.29, 1.82) is 0 Å². The second-order valence-electron chi connectivity index (χ2n) is 4.41. The third kappa shape index (κ3) is 3.01. The standard InChI is InChI=1S/C13H19N3O3/c1-3-5-8-7-16(19)11(13(15)18)9(6-4-2)10(8)12(14)17/h7H,3-6H2,1-2H3,(H2,14,17)(H2,15,18). The van der Waals surface area contributed by atoms with Crippen LogP contribution in [-0.4, -0.2) is 11.8 Å². The number of hydrogen-bond acceptors (Lipinski definition) is 3. The summed E-state index contributed by atoms with van der Waals surface area (Å²) in [6, 6.07) is 0. The van der Waals surface area contributed by atoms with E-state index < -0.39 is 11.8 Å². The zero-order valence-corrected chi connectivity index (χ0v) is 11.2. The number of rotatable bonds is 6. The number of amides is 2. The Balaban J connectivity index is 3.64. The van der Waals surface area contributed by atoms with Gasteiger partial charge >= 0.3 is 5.91 Å². The molecule has 0 saturated heterocycles. The molecular formula is C13H19N3O3. The first-order chi connectivity index (χ1) is 8.93. The molecule has 0 atom stereocenters. The van der Waals surface area contributed by atoms with Crippen molar-refractivity contribution in [1.82, 2.24) is 0 Å². The number of nitrogens with two attached hydrogens (primary N) is 2. The Hall–Kier alpha value is -2.11. The van der Waals surface area contributed by atoms with Gasteiger partial charge in [-0.05, 0) is 12.8 Å². The molecule has 0 aliphatic carbocycles. The van der Waals surface area contributed by atoms with Gasteiger partial charge in [0.05, 0.1) is 5.56 Å². The summed E-state index contributed by atoms with van der Waals surface area (Å²) in [6.07, 6.45) is 3.63. The molecular weight excluding hydrogens is 246 g/mol. The van der Waals surface area contributed by atoms with Crippen LogP contribution in [0.1, 0.15) is 58.7 Å². The summed E-state index contributed by atoms with van der Waals surface area (Å²) in [5, 5.41) is 11.9. The Bertz CT molecular complexity index is 512. The van der Waals surface area contributed by atoms with Crippen LogP contribution in [-0.2, 0) is 12.8 Å². The zero-order valence-electron chi connectivity index (χ0n) is 11.2. The van der Waals surface area contributed by atoms with Crippen LogP contribution in [0.25, 0.3) is 0 Å². The number of aryl methyl sites for hydroxylation is 1. The second kappa shape index (κ2) is 6.17. The van der Waals surface area contributed by atoms with E-state index in [1.165, 1.54) is 6.20 Å². The molecule has 0 aliphatic rings. The molecule has 6 nitrogen and oxygen atoms in total. The van der Waals surface area contributed by atoms with Crippen molar-refractivity contribution >= 4 is 11.8 Å². The maximum Gasteiger partial charge on any atom is 0.315 e. The normalized spacial score (nSPS) is 10.4. The summed E-state index contributed by atoms with van der Waals surface area (Å²) >= 11 is 0. The quantitative estimate of drug-likeness (QED) is 0.574. The number of carbonyl (C=O) groups is 2. The topological polar surface area (TPSA) is 113 Å². The first-order valence-corrected chi connectivity index (χ1v) is 6.31. The Kier molecular flexibility index (Phi) is 4.86. The maximum atomic E-state index is 11.9. The molecule has 6 heteroatoms. The summed E-state index contributed by atoms with van der Waals surface area (Å²) < 4.78 is 0.449. The molecule has 0 fully saturated rings. The molecule has 0 spiro atoms. The van der Waals surface area contributed by atoms with Gasteiger partial charge in [0.15, 0.2) is 6.20 Å². The molecule has 0 unspecified atom stereocenters. The number of nitrogens with zero attached hydrogens (tertiary/aromatic N) is 1. The minimum Gasteiger partial charge on any atom is -0.618 e. The van der Waals surface area contributed by atoms with Crippen molar-refractivity contribution in [3.05, 3.63) is 33.8 Å². The van der Waals surface area contributed by atoms with Gasteiger partial charge in [0.1, 0.15) is 0 Å². The Morgan fingerprint density at radius 2 is 1.74 bits per heavy atom. The summed E-state index contributed by atoms with van der Waals surface area (Å²) in [5.41, 5.74) is 11.6. The summed E-state index contributed by atoms with van der Waals surface area (Å²) in [7, 11) is 0. The molecule has 0 aliphatic heterocycles. The number of carbonyl (C=O) groups excluding carboxylic acids is 2. The molecule has 2 amide bonds. The first kappa shape index (κ1) is 14.9. The fourth-order valence-electron chi connectivity index (χ4n) is 2.23. The molecule has 0 aromatic carbocycles. The average Bonchev–Trinajstić information content (AvgIpc) is 2.28. The lowest BCUT2D eigenvalue weighted by atomic mass is 9.94. The van der Waals surface area contributed by atoms with Gasteiger partial charge in [0.25, 0.3) is 5.69 Å². The van der Waals surface area contributed by atoms with Gasteiger partial charge in [0, 0.05) is 11.1 Å². The minimum absolute atomic E-state index is 0.185. The molecule has 0 radical (unpaired) electrons. The molecule has 19 heavy (non-hydrogen) atoms. The minimum atomic E-state index is -0.844. The predicted octanol–water partition coefficient (Wildman–Crippen LogP) is 0.423. The van der Waals surface area contributed by atoms with Crippen molar-refractivity contribution < 1.29 is 14.3 Å². The van der Waals surface area contributed by atoms with Crippen molar-refractivity contribution in [3.63, 3.8) is 0 Å². The van der Waals surface area contributed by atoms with Gasteiger partial charge in [-0.25, -0.2) is 0 Å². The highest BCUT2D eigenvalue weighted by Gasteiger charge is 2.27. The van der Waals surface area contributed by atoms with Crippen LogP contribution in [0.2, 0.25) is 0 Å². The van der Waals surface area contributed by atoms with Gasteiger partial charge in [-0.2, -0.15) is 4.73 Å². The second-order valence-corrected chi connectivity index (χ2v) is 4.41.